The molecule has 1 N–H and O–H groups in total. The lowest BCUT2D eigenvalue weighted by Crippen LogP contribution is -2.49. The van der Waals surface area contributed by atoms with Crippen LogP contribution in [0.15, 0.2) is 12.4 Å². The summed E-state index contributed by atoms with van der Waals surface area (Å²) in [5.41, 5.74) is 0. The molecule has 1 rings (SSSR count). The standard InChI is InChI=1S/C14H25N5O2/c1-6-8-19(10-12-15-7-9-18(12)5)14(21)16-11(2)13(20)17(3)4/h7,9,11H,6,8,10H2,1-5H3,(H,16,21)/t11-/m0/s1. The molecule has 0 bridgehead atoms. The zero-order valence-electron chi connectivity index (χ0n) is 13.5. The van der Waals surface area contributed by atoms with Crippen LogP contribution in [-0.2, 0) is 18.4 Å². The van der Waals surface area contributed by atoms with Crippen molar-refractivity contribution in [1.82, 2.24) is 24.7 Å². The average Bonchev–Trinajstić information content (AvgIpc) is 2.82. The molecule has 0 aliphatic carbocycles. The van der Waals surface area contributed by atoms with Crippen LogP contribution in [0, 0.1) is 0 Å². The maximum atomic E-state index is 12.3. The molecule has 0 aromatic carbocycles. The van der Waals surface area contributed by atoms with Gasteiger partial charge in [-0.15, -0.1) is 0 Å². The van der Waals surface area contributed by atoms with Crippen LogP contribution >= 0.6 is 0 Å². The molecule has 0 radical (unpaired) electrons. The van der Waals surface area contributed by atoms with Crippen LogP contribution in [0.2, 0.25) is 0 Å². The minimum Gasteiger partial charge on any atom is -0.347 e. The Morgan fingerprint density at radius 3 is 2.57 bits per heavy atom. The summed E-state index contributed by atoms with van der Waals surface area (Å²) < 4.78 is 1.88. The van der Waals surface area contributed by atoms with E-state index >= 15 is 0 Å². The van der Waals surface area contributed by atoms with Crippen LogP contribution in [0.3, 0.4) is 0 Å². The number of nitrogens with zero attached hydrogens (tertiary/aromatic N) is 4. The van der Waals surface area contributed by atoms with Crippen molar-refractivity contribution >= 4 is 11.9 Å². The Balaban J connectivity index is 2.69. The highest BCUT2D eigenvalue weighted by molar-refractivity contribution is 5.86. The van der Waals surface area contributed by atoms with E-state index in [4.69, 9.17) is 0 Å². The number of aromatic nitrogens is 2. The molecule has 3 amide bonds. The van der Waals surface area contributed by atoms with Gasteiger partial charge in [0, 0.05) is 40.1 Å². The SMILES string of the molecule is CCCN(Cc1nccn1C)C(=O)N[C@@H](C)C(=O)N(C)C. The first-order valence-electron chi connectivity index (χ1n) is 7.09. The first kappa shape index (κ1) is 17.0. The quantitative estimate of drug-likeness (QED) is 0.844. The molecule has 0 saturated carbocycles. The molecule has 0 fully saturated rings. The van der Waals surface area contributed by atoms with E-state index in [0.29, 0.717) is 13.1 Å². The zero-order chi connectivity index (χ0) is 16.0. The number of hydrogen-bond donors (Lipinski definition) is 1. The highest BCUT2D eigenvalue weighted by atomic mass is 16.2. The summed E-state index contributed by atoms with van der Waals surface area (Å²) in [5, 5.41) is 2.74. The number of carbonyl (C=O) groups is 2. The molecule has 0 unspecified atom stereocenters. The first-order chi connectivity index (χ1) is 9.86. The lowest BCUT2D eigenvalue weighted by atomic mass is 10.3. The summed E-state index contributed by atoms with van der Waals surface area (Å²) in [4.78, 5) is 31.5. The van der Waals surface area contributed by atoms with Crippen molar-refractivity contribution in [3.63, 3.8) is 0 Å². The summed E-state index contributed by atoms with van der Waals surface area (Å²) in [5.74, 6) is 0.682. The normalized spacial score (nSPS) is 11.9. The molecule has 1 heterocycles. The van der Waals surface area contributed by atoms with Gasteiger partial charge in [-0.3, -0.25) is 4.79 Å². The third kappa shape index (κ3) is 4.77. The second-order valence-electron chi connectivity index (χ2n) is 5.28. The number of hydrogen-bond acceptors (Lipinski definition) is 3. The molecule has 0 saturated heterocycles. The highest BCUT2D eigenvalue weighted by Crippen LogP contribution is 2.04. The predicted octanol–water partition coefficient (Wildman–Crippen LogP) is 0.818. The van der Waals surface area contributed by atoms with E-state index in [0.717, 1.165) is 12.2 Å². The lowest BCUT2D eigenvalue weighted by Gasteiger charge is -2.25. The van der Waals surface area contributed by atoms with Crippen molar-refractivity contribution in [2.75, 3.05) is 20.6 Å². The van der Waals surface area contributed by atoms with Crippen molar-refractivity contribution in [3.05, 3.63) is 18.2 Å². The molecule has 1 aromatic rings. The molecular weight excluding hydrogens is 270 g/mol. The Morgan fingerprint density at radius 2 is 2.10 bits per heavy atom. The van der Waals surface area contributed by atoms with Crippen molar-refractivity contribution < 1.29 is 9.59 Å². The van der Waals surface area contributed by atoms with Crippen LogP contribution in [-0.4, -0.2) is 58.0 Å². The maximum absolute atomic E-state index is 12.3. The fourth-order valence-corrected chi connectivity index (χ4v) is 1.97. The van der Waals surface area contributed by atoms with E-state index in [2.05, 4.69) is 10.3 Å². The average molecular weight is 295 g/mol. The molecule has 0 aliphatic rings. The molecule has 1 aromatic heterocycles. The van der Waals surface area contributed by atoms with Crippen LogP contribution in [0.25, 0.3) is 0 Å². The number of amides is 3. The molecule has 0 spiro atoms. The van der Waals surface area contributed by atoms with Crippen LogP contribution in [0.4, 0.5) is 4.79 Å². The molecule has 0 aliphatic heterocycles. The molecule has 1 atom stereocenters. The van der Waals surface area contributed by atoms with E-state index < -0.39 is 6.04 Å². The van der Waals surface area contributed by atoms with Gasteiger partial charge >= 0.3 is 6.03 Å². The van der Waals surface area contributed by atoms with E-state index in [-0.39, 0.29) is 11.9 Å². The zero-order valence-corrected chi connectivity index (χ0v) is 13.5. The second kappa shape index (κ2) is 7.66. The Labute approximate surface area is 125 Å². The Hall–Kier alpha value is -2.05. The summed E-state index contributed by atoms with van der Waals surface area (Å²) in [6.45, 7) is 4.73. The Bertz CT molecular complexity index is 483. The van der Waals surface area contributed by atoms with E-state index in [9.17, 15) is 9.59 Å². The maximum Gasteiger partial charge on any atom is 0.318 e. The van der Waals surface area contributed by atoms with Crippen LogP contribution in [0.5, 0.6) is 0 Å². The van der Waals surface area contributed by atoms with Gasteiger partial charge in [0.15, 0.2) is 0 Å². The number of carbonyl (C=O) groups excluding carboxylic acids is 2. The van der Waals surface area contributed by atoms with Gasteiger partial charge < -0.3 is 19.7 Å². The van der Waals surface area contributed by atoms with Gasteiger partial charge in [-0.25, -0.2) is 9.78 Å². The van der Waals surface area contributed by atoms with E-state index in [1.165, 1.54) is 4.90 Å². The molecular formula is C14H25N5O2. The minimum atomic E-state index is -0.548. The fraction of sp³-hybridized carbons (Fsp3) is 0.643. The van der Waals surface area contributed by atoms with E-state index in [1.807, 2.05) is 24.7 Å². The topological polar surface area (TPSA) is 70.5 Å². The third-order valence-electron chi connectivity index (χ3n) is 3.19. The molecule has 118 valence electrons. The van der Waals surface area contributed by atoms with Crippen molar-refractivity contribution in [2.45, 2.75) is 32.9 Å². The third-order valence-corrected chi connectivity index (χ3v) is 3.19. The van der Waals surface area contributed by atoms with Gasteiger partial charge in [-0.05, 0) is 13.3 Å². The van der Waals surface area contributed by atoms with Crippen molar-refractivity contribution in [1.29, 1.82) is 0 Å². The number of imidazole rings is 1. The van der Waals surface area contributed by atoms with Gasteiger partial charge in [-0.2, -0.15) is 0 Å². The summed E-state index contributed by atoms with van der Waals surface area (Å²) in [6, 6.07) is -0.796. The monoisotopic (exact) mass is 295 g/mol. The number of likely N-dealkylation sites (N-methyl/N-ethyl adjacent to an activating group) is 1. The van der Waals surface area contributed by atoms with Crippen molar-refractivity contribution in [2.24, 2.45) is 7.05 Å². The Morgan fingerprint density at radius 1 is 1.43 bits per heavy atom. The van der Waals surface area contributed by atoms with Gasteiger partial charge in [0.05, 0.1) is 6.54 Å². The van der Waals surface area contributed by atoms with Gasteiger partial charge in [-0.1, -0.05) is 6.92 Å². The van der Waals surface area contributed by atoms with Gasteiger partial charge in [0.25, 0.3) is 0 Å². The van der Waals surface area contributed by atoms with Crippen LogP contribution in [0.1, 0.15) is 26.1 Å². The number of nitrogens with one attached hydrogen (secondary N) is 1. The van der Waals surface area contributed by atoms with Crippen molar-refractivity contribution in [3.8, 4) is 0 Å². The molecule has 21 heavy (non-hydrogen) atoms. The molecule has 7 heteroatoms. The number of urea groups is 1. The first-order valence-corrected chi connectivity index (χ1v) is 7.09. The minimum absolute atomic E-state index is 0.128. The summed E-state index contributed by atoms with van der Waals surface area (Å²) >= 11 is 0. The fourth-order valence-electron chi connectivity index (χ4n) is 1.97. The lowest BCUT2D eigenvalue weighted by molar-refractivity contribution is -0.130. The predicted molar refractivity (Wildman–Crippen MR) is 80.6 cm³/mol. The van der Waals surface area contributed by atoms with Gasteiger partial charge in [0.2, 0.25) is 5.91 Å². The highest BCUT2D eigenvalue weighted by Gasteiger charge is 2.21. The smallest absolute Gasteiger partial charge is 0.318 e. The number of aryl methyl sites for hydroxylation is 1. The Kier molecular flexibility index (Phi) is 6.20. The second-order valence-corrected chi connectivity index (χ2v) is 5.28. The van der Waals surface area contributed by atoms with Gasteiger partial charge in [0.1, 0.15) is 11.9 Å². The number of rotatable bonds is 6. The molecule has 7 nitrogen and oxygen atoms in total. The van der Waals surface area contributed by atoms with Crippen LogP contribution < -0.4 is 5.32 Å². The van der Waals surface area contributed by atoms with E-state index in [1.54, 1.807) is 32.1 Å². The summed E-state index contributed by atoms with van der Waals surface area (Å²) in [7, 11) is 5.23. The largest absolute Gasteiger partial charge is 0.347 e. The summed E-state index contributed by atoms with van der Waals surface area (Å²) in [6.07, 6.45) is 4.39.